The van der Waals surface area contributed by atoms with E-state index in [9.17, 15) is 14.9 Å². The molecule has 0 saturated carbocycles. The summed E-state index contributed by atoms with van der Waals surface area (Å²) < 4.78 is 10.6. The van der Waals surface area contributed by atoms with Gasteiger partial charge in [0.15, 0.2) is 0 Å². The van der Waals surface area contributed by atoms with E-state index in [0.717, 1.165) is 0 Å². The molecule has 0 aromatic carbocycles. The van der Waals surface area contributed by atoms with E-state index in [4.69, 9.17) is 0 Å². The number of aromatic nitrogens is 2. The maximum Gasteiger partial charge on any atom is 0.341 e. The van der Waals surface area contributed by atoms with Gasteiger partial charge in [-0.15, -0.1) is 0 Å². The zero-order chi connectivity index (χ0) is 14.0. The second-order valence-electron chi connectivity index (χ2n) is 3.53. The molecule has 19 heavy (non-hydrogen) atoms. The second-order valence-corrected chi connectivity index (χ2v) is 3.53. The molecule has 0 spiro atoms. The number of nitriles is 1. The highest BCUT2D eigenvalue weighted by atomic mass is 16.5. The third kappa shape index (κ3) is 1.79. The van der Waals surface area contributed by atoms with Crippen LogP contribution in [0.1, 0.15) is 26.4 Å². The van der Waals surface area contributed by atoms with Crippen LogP contribution in [0, 0.1) is 11.3 Å². The van der Waals surface area contributed by atoms with Crippen molar-refractivity contribution in [3.63, 3.8) is 0 Å². The van der Waals surface area contributed by atoms with Crippen LogP contribution in [0.15, 0.2) is 18.6 Å². The van der Waals surface area contributed by atoms with Crippen LogP contribution in [0.3, 0.4) is 0 Å². The number of carbonyl (C=O) groups excluding carboxylic acids is 2. The number of nitrogens with zero attached hydrogens (tertiary/aromatic N) is 3. The lowest BCUT2D eigenvalue weighted by molar-refractivity contribution is 0.0557. The maximum absolute atomic E-state index is 11.8. The van der Waals surface area contributed by atoms with Gasteiger partial charge >= 0.3 is 11.9 Å². The Morgan fingerprint density at radius 1 is 1.26 bits per heavy atom. The van der Waals surface area contributed by atoms with Gasteiger partial charge in [-0.1, -0.05) is 0 Å². The lowest BCUT2D eigenvalue weighted by Gasteiger charge is -2.01. The van der Waals surface area contributed by atoms with Gasteiger partial charge in [0.25, 0.3) is 0 Å². The van der Waals surface area contributed by atoms with Gasteiger partial charge in [-0.2, -0.15) is 5.26 Å². The van der Waals surface area contributed by atoms with Crippen LogP contribution in [0.2, 0.25) is 0 Å². The van der Waals surface area contributed by atoms with Crippen molar-refractivity contribution >= 4 is 17.5 Å². The van der Waals surface area contributed by atoms with Crippen molar-refractivity contribution in [2.45, 2.75) is 0 Å². The summed E-state index contributed by atoms with van der Waals surface area (Å²) in [6, 6.07) is 1.88. The first kappa shape index (κ1) is 12.6. The molecule has 0 bridgehead atoms. The molecule has 0 aliphatic carbocycles. The number of ether oxygens (including phenoxy) is 2. The molecule has 0 aliphatic rings. The van der Waals surface area contributed by atoms with Crippen molar-refractivity contribution < 1.29 is 19.1 Å². The lowest BCUT2D eigenvalue weighted by atomic mass is 10.1. The molecule has 2 heterocycles. The molecule has 0 fully saturated rings. The minimum absolute atomic E-state index is 0.00431. The number of methoxy groups -OCH3 is 2. The van der Waals surface area contributed by atoms with Crippen LogP contribution >= 0.6 is 0 Å². The molecule has 2 rings (SSSR count). The topological polar surface area (TPSA) is 93.7 Å². The normalized spacial score (nSPS) is 9.95. The zero-order valence-electron chi connectivity index (χ0n) is 10.2. The Morgan fingerprint density at radius 3 is 2.47 bits per heavy atom. The van der Waals surface area contributed by atoms with E-state index < -0.39 is 11.9 Å². The van der Waals surface area contributed by atoms with E-state index in [0.29, 0.717) is 5.52 Å². The molecule has 7 nitrogen and oxygen atoms in total. The van der Waals surface area contributed by atoms with Gasteiger partial charge < -0.3 is 13.9 Å². The van der Waals surface area contributed by atoms with E-state index in [1.807, 2.05) is 6.07 Å². The van der Waals surface area contributed by atoms with Crippen molar-refractivity contribution in [1.82, 2.24) is 9.38 Å². The maximum atomic E-state index is 11.8. The smallest absolute Gasteiger partial charge is 0.341 e. The molecular weight excluding hydrogens is 250 g/mol. The largest absolute Gasteiger partial charge is 0.465 e. The van der Waals surface area contributed by atoms with Crippen LogP contribution in [0.25, 0.3) is 5.52 Å². The van der Waals surface area contributed by atoms with Gasteiger partial charge in [0, 0.05) is 12.4 Å². The zero-order valence-corrected chi connectivity index (χ0v) is 10.2. The van der Waals surface area contributed by atoms with E-state index in [1.54, 1.807) is 0 Å². The summed E-state index contributed by atoms with van der Waals surface area (Å²) in [6.45, 7) is 0. The second kappa shape index (κ2) is 4.78. The monoisotopic (exact) mass is 259 g/mol. The third-order valence-electron chi connectivity index (χ3n) is 2.63. The molecule has 0 atom stereocenters. The molecule has 0 N–H and O–H groups in total. The van der Waals surface area contributed by atoms with Crippen molar-refractivity contribution in [1.29, 1.82) is 5.26 Å². The van der Waals surface area contributed by atoms with Crippen molar-refractivity contribution in [2.75, 3.05) is 14.2 Å². The van der Waals surface area contributed by atoms with E-state index in [2.05, 4.69) is 14.5 Å². The fourth-order valence-corrected chi connectivity index (χ4v) is 1.83. The van der Waals surface area contributed by atoms with Crippen LogP contribution in [0.5, 0.6) is 0 Å². The fraction of sp³-hybridized carbons (Fsp3) is 0.167. The van der Waals surface area contributed by atoms with Crippen molar-refractivity contribution in [3.05, 3.63) is 35.4 Å². The molecule has 96 valence electrons. The molecule has 0 unspecified atom stereocenters. The number of esters is 2. The van der Waals surface area contributed by atoms with Gasteiger partial charge in [0.2, 0.25) is 0 Å². The number of carbonyl (C=O) groups is 2. The number of hydrogen-bond donors (Lipinski definition) is 0. The van der Waals surface area contributed by atoms with Gasteiger partial charge in [0.05, 0.1) is 25.9 Å². The molecule has 0 aliphatic heterocycles. The standard InChI is InChI=1S/C12H9N3O4/c1-18-11(16)9-7(5-13)15-4-3-14-6-8(15)10(9)12(17)19-2/h3-4,6H,1-2H3. The summed E-state index contributed by atoms with van der Waals surface area (Å²) in [6.07, 6.45) is 4.29. The summed E-state index contributed by atoms with van der Waals surface area (Å²) in [5.41, 5.74) is 0.166. The van der Waals surface area contributed by atoms with Gasteiger partial charge in [-0.25, -0.2) is 9.59 Å². The SMILES string of the molecule is COC(=O)c1c(C(=O)OC)c2cnccn2c1C#N. The third-order valence-corrected chi connectivity index (χ3v) is 2.63. The quantitative estimate of drug-likeness (QED) is 0.740. The summed E-state index contributed by atoms with van der Waals surface area (Å²) in [7, 11) is 2.36. The molecule has 0 saturated heterocycles. The van der Waals surface area contributed by atoms with Crippen molar-refractivity contribution in [2.24, 2.45) is 0 Å². The summed E-state index contributed by atoms with van der Waals surface area (Å²) in [4.78, 5) is 27.5. The summed E-state index contributed by atoms with van der Waals surface area (Å²) in [5, 5.41) is 9.18. The first-order valence-electron chi connectivity index (χ1n) is 5.20. The van der Waals surface area contributed by atoms with Crippen molar-refractivity contribution in [3.8, 4) is 6.07 Å². The van der Waals surface area contributed by atoms with E-state index in [-0.39, 0.29) is 16.8 Å². The molecule has 2 aromatic rings. The van der Waals surface area contributed by atoms with Crippen LogP contribution < -0.4 is 0 Å². The van der Waals surface area contributed by atoms with Gasteiger partial charge in [-0.3, -0.25) is 4.98 Å². The Bertz CT molecular complexity index is 712. The molecular formula is C12H9N3O4. The Kier molecular flexibility index (Phi) is 3.16. The highest BCUT2D eigenvalue weighted by molar-refractivity contribution is 6.10. The highest BCUT2D eigenvalue weighted by Gasteiger charge is 2.29. The first-order valence-corrected chi connectivity index (χ1v) is 5.20. The van der Waals surface area contributed by atoms with Crippen LogP contribution in [-0.2, 0) is 9.47 Å². The average molecular weight is 259 g/mol. The predicted molar refractivity (Wildman–Crippen MR) is 62.6 cm³/mol. The Labute approximate surface area is 108 Å². The Balaban J connectivity index is 2.94. The molecule has 7 heteroatoms. The number of fused-ring (bicyclic) bond motifs is 1. The average Bonchev–Trinajstić information content (AvgIpc) is 2.79. The van der Waals surface area contributed by atoms with Gasteiger partial charge in [0.1, 0.15) is 22.9 Å². The molecule has 2 aromatic heterocycles. The molecule has 0 amide bonds. The Morgan fingerprint density at radius 2 is 1.89 bits per heavy atom. The van der Waals surface area contributed by atoms with Gasteiger partial charge in [-0.05, 0) is 0 Å². The van der Waals surface area contributed by atoms with Crippen LogP contribution in [0.4, 0.5) is 0 Å². The minimum atomic E-state index is -0.777. The molecule has 0 radical (unpaired) electrons. The van der Waals surface area contributed by atoms with E-state index >= 15 is 0 Å². The summed E-state index contributed by atoms with van der Waals surface area (Å²) >= 11 is 0. The number of rotatable bonds is 2. The minimum Gasteiger partial charge on any atom is -0.465 e. The Hall–Kier alpha value is -2.88. The first-order chi connectivity index (χ1) is 9.15. The lowest BCUT2D eigenvalue weighted by Crippen LogP contribution is -2.10. The highest BCUT2D eigenvalue weighted by Crippen LogP contribution is 2.24. The van der Waals surface area contributed by atoms with Crippen LogP contribution in [-0.4, -0.2) is 35.5 Å². The fourth-order valence-electron chi connectivity index (χ4n) is 1.83. The van der Waals surface area contributed by atoms with E-state index in [1.165, 1.54) is 37.2 Å². The number of hydrogen-bond acceptors (Lipinski definition) is 6. The summed E-state index contributed by atoms with van der Waals surface area (Å²) in [5.74, 6) is -1.51. The predicted octanol–water partition coefficient (Wildman–Crippen LogP) is 0.779.